The zero-order chi connectivity index (χ0) is 13.2. The summed E-state index contributed by atoms with van der Waals surface area (Å²) >= 11 is 0. The molecular weight excluding hydrogens is 226 g/mol. The third-order valence-corrected chi connectivity index (χ3v) is 2.52. The van der Waals surface area contributed by atoms with Crippen molar-refractivity contribution in [3.8, 4) is 0 Å². The molecule has 0 saturated heterocycles. The lowest BCUT2D eigenvalue weighted by Gasteiger charge is -2.19. The first-order chi connectivity index (χ1) is 8.77. The second-order valence-corrected chi connectivity index (χ2v) is 4.06. The van der Waals surface area contributed by atoms with Crippen molar-refractivity contribution in [2.24, 2.45) is 0 Å². The van der Waals surface area contributed by atoms with Crippen LogP contribution in [0.4, 0.5) is 4.79 Å². The highest BCUT2D eigenvalue weighted by atomic mass is 16.6. The molecule has 1 rings (SSSR count). The highest BCUT2D eigenvalue weighted by Crippen LogP contribution is 2.04. The standard InChI is InChI=1S/C15H21NO2/c1-3-5-12-16(11-4-2)15(17)18-13-14-9-7-6-8-10-14/h3,5-10H,4,11-13H2,1-2H3. The summed E-state index contributed by atoms with van der Waals surface area (Å²) in [5.74, 6) is 0. The number of amides is 1. The van der Waals surface area contributed by atoms with E-state index in [2.05, 4.69) is 0 Å². The Kier molecular flexibility index (Phi) is 6.62. The van der Waals surface area contributed by atoms with Gasteiger partial charge in [-0.15, -0.1) is 0 Å². The lowest BCUT2D eigenvalue weighted by Crippen LogP contribution is -2.32. The van der Waals surface area contributed by atoms with Crippen LogP contribution in [0.3, 0.4) is 0 Å². The minimum absolute atomic E-state index is 0.251. The number of hydrogen-bond donors (Lipinski definition) is 0. The second kappa shape index (κ2) is 8.34. The van der Waals surface area contributed by atoms with E-state index in [4.69, 9.17) is 4.74 Å². The molecule has 0 heterocycles. The Morgan fingerprint density at radius 2 is 2.06 bits per heavy atom. The van der Waals surface area contributed by atoms with E-state index in [1.807, 2.05) is 56.3 Å². The van der Waals surface area contributed by atoms with Crippen LogP contribution in [-0.4, -0.2) is 24.1 Å². The zero-order valence-electron chi connectivity index (χ0n) is 11.1. The first-order valence-corrected chi connectivity index (χ1v) is 6.34. The molecule has 3 heteroatoms. The van der Waals surface area contributed by atoms with Crippen molar-refractivity contribution in [3.05, 3.63) is 48.0 Å². The minimum atomic E-state index is -0.251. The lowest BCUT2D eigenvalue weighted by molar-refractivity contribution is 0.100. The van der Waals surface area contributed by atoms with Gasteiger partial charge in [-0.3, -0.25) is 0 Å². The topological polar surface area (TPSA) is 29.5 Å². The van der Waals surface area contributed by atoms with E-state index in [1.54, 1.807) is 4.90 Å². The van der Waals surface area contributed by atoms with Crippen LogP contribution in [0.5, 0.6) is 0 Å². The number of allylic oxidation sites excluding steroid dienone is 1. The average Bonchev–Trinajstić information content (AvgIpc) is 2.42. The molecule has 1 amide bonds. The summed E-state index contributed by atoms with van der Waals surface area (Å²) in [6, 6.07) is 9.72. The van der Waals surface area contributed by atoms with Crippen molar-refractivity contribution >= 4 is 6.09 Å². The molecule has 1 aromatic rings. The number of benzene rings is 1. The van der Waals surface area contributed by atoms with Gasteiger partial charge in [-0.1, -0.05) is 49.4 Å². The van der Waals surface area contributed by atoms with Crippen molar-refractivity contribution < 1.29 is 9.53 Å². The predicted molar refractivity (Wildman–Crippen MR) is 73.3 cm³/mol. The van der Waals surface area contributed by atoms with Crippen LogP contribution in [0, 0.1) is 0 Å². The fourth-order valence-corrected chi connectivity index (χ4v) is 1.57. The smallest absolute Gasteiger partial charge is 0.410 e. The maximum absolute atomic E-state index is 11.9. The van der Waals surface area contributed by atoms with Gasteiger partial charge in [-0.05, 0) is 18.9 Å². The summed E-state index contributed by atoms with van der Waals surface area (Å²) in [5, 5.41) is 0. The number of nitrogens with zero attached hydrogens (tertiary/aromatic N) is 1. The first kappa shape index (κ1) is 14.3. The predicted octanol–water partition coefficient (Wildman–Crippen LogP) is 3.61. The average molecular weight is 247 g/mol. The fourth-order valence-electron chi connectivity index (χ4n) is 1.57. The van der Waals surface area contributed by atoms with Gasteiger partial charge in [0.05, 0.1) is 0 Å². The van der Waals surface area contributed by atoms with Gasteiger partial charge in [0.2, 0.25) is 0 Å². The Balaban J connectivity index is 2.45. The van der Waals surface area contributed by atoms with Crippen LogP contribution in [-0.2, 0) is 11.3 Å². The van der Waals surface area contributed by atoms with E-state index >= 15 is 0 Å². The van der Waals surface area contributed by atoms with E-state index in [-0.39, 0.29) is 6.09 Å². The Labute approximate surface area is 109 Å². The quantitative estimate of drug-likeness (QED) is 0.719. The third-order valence-electron chi connectivity index (χ3n) is 2.52. The molecule has 0 N–H and O–H groups in total. The number of ether oxygens (including phenoxy) is 1. The molecule has 0 aliphatic rings. The Morgan fingerprint density at radius 1 is 1.33 bits per heavy atom. The van der Waals surface area contributed by atoms with Crippen LogP contribution in [0.25, 0.3) is 0 Å². The molecule has 0 spiro atoms. The van der Waals surface area contributed by atoms with Crippen molar-refractivity contribution in [2.75, 3.05) is 13.1 Å². The molecule has 3 nitrogen and oxygen atoms in total. The molecule has 0 unspecified atom stereocenters. The molecule has 18 heavy (non-hydrogen) atoms. The van der Waals surface area contributed by atoms with Crippen molar-refractivity contribution in [1.29, 1.82) is 0 Å². The highest BCUT2D eigenvalue weighted by molar-refractivity contribution is 5.67. The third kappa shape index (κ3) is 5.04. The molecule has 0 radical (unpaired) electrons. The molecule has 0 aliphatic heterocycles. The minimum Gasteiger partial charge on any atom is -0.445 e. The first-order valence-electron chi connectivity index (χ1n) is 6.34. The van der Waals surface area contributed by atoms with E-state index in [0.29, 0.717) is 13.2 Å². The van der Waals surface area contributed by atoms with E-state index in [1.165, 1.54) is 0 Å². The van der Waals surface area contributed by atoms with Crippen LogP contribution in [0.15, 0.2) is 42.5 Å². The van der Waals surface area contributed by atoms with Gasteiger partial charge < -0.3 is 9.64 Å². The second-order valence-electron chi connectivity index (χ2n) is 4.06. The number of carbonyl (C=O) groups is 1. The molecule has 0 aliphatic carbocycles. The largest absolute Gasteiger partial charge is 0.445 e. The van der Waals surface area contributed by atoms with Crippen LogP contribution in [0.2, 0.25) is 0 Å². The summed E-state index contributed by atoms with van der Waals surface area (Å²) < 4.78 is 5.29. The van der Waals surface area contributed by atoms with E-state index in [0.717, 1.165) is 18.5 Å². The van der Waals surface area contributed by atoms with Crippen LogP contribution in [0.1, 0.15) is 25.8 Å². The van der Waals surface area contributed by atoms with Gasteiger partial charge in [0.15, 0.2) is 0 Å². The normalized spacial score (nSPS) is 10.6. The van der Waals surface area contributed by atoms with Gasteiger partial charge in [-0.2, -0.15) is 0 Å². The van der Waals surface area contributed by atoms with Crippen LogP contribution >= 0.6 is 0 Å². The molecule has 0 fully saturated rings. The van der Waals surface area contributed by atoms with E-state index < -0.39 is 0 Å². The summed E-state index contributed by atoms with van der Waals surface area (Å²) in [6.45, 7) is 5.65. The molecular formula is C15H21NO2. The summed E-state index contributed by atoms with van der Waals surface area (Å²) in [4.78, 5) is 13.6. The monoisotopic (exact) mass is 247 g/mol. The van der Waals surface area contributed by atoms with Crippen molar-refractivity contribution in [2.45, 2.75) is 26.9 Å². The highest BCUT2D eigenvalue weighted by Gasteiger charge is 2.12. The van der Waals surface area contributed by atoms with Gasteiger partial charge in [0, 0.05) is 13.1 Å². The summed E-state index contributed by atoms with van der Waals surface area (Å²) in [7, 11) is 0. The Hall–Kier alpha value is -1.77. The van der Waals surface area contributed by atoms with Gasteiger partial charge in [-0.25, -0.2) is 4.79 Å². The van der Waals surface area contributed by atoms with Crippen molar-refractivity contribution in [3.63, 3.8) is 0 Å². The summed E-state index contributed by atoms with van der Waals surface area (Å²) in [5.41, 5.74) is 1.01. The van der Waals surface area contributed by atoms with Crippen LogP contribution < -0.4 is 0 Å². The molecule has 1 aromatic carbocycles. The fraction of sp³-hybridized carbons (Fsp3) is 0.400. The van der Waals surface area contributed by atoms with Gasteiger partial charge in [0.25, 0.3) is 0 Å². The maximum Gasteiger partial charge on any atom is 0.410 e. The number of rotatable bonds is 6. The SMILES string of the molecule is CC=CCN(CCC)C(=O)OCc1ccccc1. The molecule has 98 valence electrons. The summed E-state index contributed by atoms with van der Waals surface area (Å²) in [6.07, 6.45) is 4.57. The van der Waals surface area contributed by atoms with E-state index in [9.17, 15) is 4.79 Å². The molecule has 0 saturated carbocycles. The van der Waals surface area contributed by atoms with Crippen molar-refractivity contribution in [1.82, 2.24) is 4.90 Å². The lowest BCUT2D eigenvalue weighted by atomic mass is 10.2. The number of carbonyl (C=O) groups excluding carboxylic acids is 1. The number of hydrogen-bond acceptors (Lipinski definition) is 2. The zero-order valence-corrected chi connectivity index (χ0v) is 11.1. The molecule has 0 bridgehead atoms. The Morgan fingerprint density at radius 3 is 2.67 bits per heavy atom. The Bertz CT molecular complexity index is 373. The maximum atomic E-state index is 11.9. The molecule has 0 aromatic heterocycles. The van der Waals surface area contributed by atoms with Gasteiger partial charge >= 0.3 is 6.09 Å². The van der Waals surface area contributed by atoms with Gasteiger partial charge in [0.1, 0.15) is 6.61 Å². The molecule has 0 atom stereocenters.